The summed E-state index contributed by atoms with van der Waals surface area (Å²) in [7, 11) is 3.77. The molecule has 28 heavy (non-hydrogen) atoms. The van der Waals surface area contributed by atoms with Crippen molar-refractivity contribution in [2.75, 3.05) is 26.8 Å². The van der Waals surface area contributed by atoms with Crippen molar-refractivity contribution >= 4 is 17.6 Å². The van der Waals surface area contributed by atoms with Gasteiger partial charge in [-0.15, -0.1) is 0 Å². The number of nitrogens with one attached hydrogen (secondary N) is 2. The highest BCUT2D eigenvalue weighted by Crippen LogP contribution is 2.35. The van der Waals surface area contributed by atoms with Crippen LogP contribution >= 0.6 is 11.6 Å². The molecule has 0 radical (unpaired) electrons. The van der Waals surface area contributed by atoms with Crippen molar-refractivity contribution in [1.82, 2.24) is 20.4 Å². The molecule has 0 aliphatic carbocycles. The van der Waals surface area contributed by atoms with E-state index >= 15 is 0 Å². The molecule has 0 spiro atoms. The summed E-state index contributed by atoms with van der Waals surface area (Å²) in [6.45, 7) is 7.11. The number of aromatic nitrogens is 2. The van der Waals surface area contributed by atoms with E-state index in [-0.39, 0.29) is 5.41 Å². The van der Waals surface area contributed by atoms with Crippen molar-refractivity contribution in [3.8, 4) is 0 Å². The maximum atomic E-state index is 6.27. The topological polar surface area (TPSA) is 63.5 Å². The Labute approximate surface area is 172 Å². The van der Waals surface area contributed by atoms with Crippen LogP contribution in [-0.2, 0) is 23.7 Å². The Hall–Kier alpha value is -2.05. The zero-order valence-electron chi connectivity index (χ0n) is 17.2. The van der Waals surface area contributed by atoms with Gasteiger partial charge < -0.3 is 15.4 Å². The van der Waals surface area contributed by atoms with E-state index in [1.54, 1.807) is 7.05 Å². The third kappa shape index (κ3) is 4.50. The molecule has 0 atom stereocenters. The summed E-state index contributed by atoms with van der Waals surface area (Å²) in [5.74, 6) is 0.788. The first-order valence-electron chi connectivity index (χ1n) is 9.72. The number of ether oxygens (including phenoxy) is 1. The summed E-state index contributed by atoms with van der Waals surface area (Å²) >= 11 is 6.27. The molecular formula is C21H30ClN5O. The molecule has 1 aliphatic heterocycles. The summed E-state index contributed by atoms with van der Waals surface area (Å²) in [5, 5.41) is 12.2. The standard InChI is InChI=1S/C21H30ClN5O/c1-15-19(16(2)27(4)26-15)13-24-20(23-3)25-14-21(8-10-28-11-9-21)17-6-5-7-18(22)12-17/h5-7,12H,8-11,13-14H2,1-4H3,(H2,23,24,25). The smallest absolute Gasteiger partial charge is 0.191 e. The predicted molar refractivity (Wildman–Crippen MR) is 114 cm³/mol. The first kappa shape index (κ1) is 20.7. The molecule has 1 aromatic heterocycles. The average Bonchev–Trinajstić information content (AvgIpc) is 2.94. The fourth-order valence-electron chi connectivity index (χ4n) is 3.87. The van der Waals surface area contributed by atoms with Gasteiger partial charge in [0.05, 0.1) is 5.69 Å². The lowest BCUT2D eigenvalue weighted by Crippen LogP contribution is -2.48. The van der Waals surface area contributed by atoms with Gasteiger partial charge in [-0.05, 0) is 44.4 Å². The molecule has 6 nitrogen and oxygen atoms in total. The zero-order chi connectivity index (χ0) is 20.1. The first-order chi connectivity index (χ1) is 13.4. The van der Waals surface area contributed by atoms with Crippen molar-refractivity contribution in [3.05, 3.63) is 51.8 Å². The summed E-state index contributed by atoms with van der Waals surface area (Å²) in [6.07, 6.45) is 1.91. The van der Waals surface area contributed by atoms with E-state index < -0.39 is 0 Å². The van der Waals surface area contributed by atoms with Crippen molar-refractivity contribution in [2.24, 2.45) is 12.0 Å². The maximum Gasteiger partial charge on any atom is 0.191 e. The molecule has 1 aromatic carbocycles. The lowest BCUT2D eigenvalue weighted by molar-refractivity contribution is 0.0514. The fraction of sp³-hybridized carbons (Fsp3) is 0.524. The number of hydrogen-bond acceptors (Lipinski definition) is 3. The molecule has 152 valence electrons. The number of benzene rings is 1. The van der Waals surface area contributed by atoms with Crippen LogP contribution in [-0.4, -0.2) is 42.5 Å². The van der Waals surface area contributed by atoms with Crippen molar-refractivity contribution in [2.45, 2.75) is 38.6 Å². The van der Waals surface area contributed by atoms with E-state index in [2.05, 4.69) is 39.8 Å². The minimum atomic E-state index is -0.0130. The van der Waals surface area contributed by atoms with Gasteiger partial charge >= 0.3 is 0 Å². The lowest BCUT2D eigenvalue weighted by Gasteiger charge is -2.38. The van der Waals surface area contributed by atoms with Crippen molar-refractivity contribution in [1.29, 1.82) is 0 Å². The molecule has 0 saturated carbocycles. The van der Waals surface area contributed by atoms with Gasteiger partial charge in [0.15, 0.2) is 5.96 Å². The highest BCUT2D eigenvalue weighted by Gasteiger charge is 2.34. The van der Waals surface area contributed by atoms with Crippen LogP contribution in [0.2, 0.25) is 5.02 Å². The molecule has 2 aromatic rings. The van der Waals surface area contributed by atoms with Gasteiger partial charge in [-0.25, -0.2) is 0 Å². The Kier molecular flexibility index (Phi) is 6.62. The SMILES string of the molecule is CN=C(NCc1c(C)nn(C)c1C)NCC1(c2cccc(Cl)c2)CCOCC1. The molecule has 2 heterocycles. The molecule has 0 bridgehead atoms. The minimum Gasteiger partial charge on any atom is -0.381 e. The molecule has 1 saturated heterocycles. The quantitative estimate of drug-likeness (QED) is 0.594. The molecule has 2 N–H and O–H groups in total. The molecule has 1 aliphatic rings. The molecule has 1 fully saturated rings. The van der Waals surface area contributed by atoms with Crippen molar-refractivity contribution in [3.63, 3.8) is 0 Å². The third-order valence-electron chi connectivity index (χ3n) is 5.80. The second kappa shape index (κ2) is 8.97. The third-order valence-corrected chi connectivity index (χ3v) is 6.03. The predicted octanol–water partition coefficient (Wildman–Crippen LogP) is 3.10. The Bertz CT molecular complexity index is 839. The summed E-state index contributed by atoms with van der Waals surface area (Å²) < 4.78 is 7.54. The summed E-state index contributed by atoms with van der Waals surface area (Å²) in [6, 6.07) is 8.19. The van der Waals surface area contributed by atoms with Crippen LogP contribution in [0, 0.1) is 13.8 Å². The van der Waals surface area contributed by atoms with Gasteiger partial charge in [0.1, 0.15) is 0 Å². The Balaban J connectivity index is 1.69. The number of aliphatic imine (C=N–C) groups is 1. The monoisotopic (exact) mass is 403 g/mol. The van der Waals surface area contributed by atoms with Crippen LogP contribution in [0.5, 0.6) is 0 Å². The van der Waals surface area contributed by atoms with Crippen LogP contribution in [0.3, 0.4) is 0 Å². The number of hydrogen-bond donors (Lipinski definition) is 2. The van der Waals surface area contributed by atoms with Crippen LogP contribution in [0.1, 0.15) is 35.4 Å². The lowest BCUT2D eigenvalue weighted by atomic mass is 9.74. The van der Waals surface area contributed by atoms with E-state index in [9.17, 15) is 0 Å². The molecule has 7 heteroatoms. The van der Waals surface area contributed by atoms with Crippen LogP contribution < -0.4 is 10.6 Å². The molecule has 3 rings (SSSR count). The van der Waals surface area contributed by atoms with Crippen molar-refractivity contribution < 1.29 is 4.74 Å². The number of rotatable bonds is 5. The van der Waals surface area contributed by atoms with Gasteiger partial charge in [0.2, 0.25) is 0 Å². The normalized spacial score (nSPS) is 16.8. The van der Waals surface area contributed by atoms with E-state index in [0.717, 1.165) is 49.3 Å². The fourth-order valence-corrected chi connectivity index (χ4v) is 4.06. The molecule has 0 amide bonds. The van der Waals surface area contributed by atoms with E-state index in [4.69, 9.17) is 16.3 Å². The van der Waals surface area contributed by atoms with Gasteiger partial charge in [0, 0.05) is 62.1 Å². The largest absolute Gasteiger partial charge is 0.381 e. The van der Waals surface area contributed by atoms with Gasteiger partial charge in [-0.3, -0.25) is 9.67 Å². The van der Waals surface area contributed by atoms with Crippen LogP contribution in [0.4, 0.5) is 0 Å². The van der Waals surface area contributed by atoms with Crippen LogP contribution in [0.25, 0.3) is 0 Å². The second-order valence-electron chi connectivity index (χ2n) is 7.46. The number of nitrogens with zero attached hydrogens (tertiary/aromatic N) is 3. The van der Waals surface area contributed by atoms with E-state index in [0.29, 0.717) is 6.54 Å². The van der Waals surface area contributed by atoms with Gasteiger partial charge in [0.25, 0.3) is 0 Å². The Morgan fingerprint density at radius 1 is 1.29 bits per heavy atom. The average molecular weight is 404 g/mol. The highest BCUT2D eigenvalue weighted by atomic mass is 35.5. The van der Waals surface area contributed by atoms with E-state index in [1.165, 1.54) is 16.8 Å². The summed E-state index contributed by atoms with van der Waals surface area (Å²) in [4.78, 5) is 4.41. The number of aryl methyl sites for hydroxylation is 2. The minimum absolute atomic E-state index is 0.0130. The second-order valence-corrected chi connectivity index (χ2v) is 7.89. The zero-order valence-corrected chi connectivity index (χ0v) is 17.9. The van der Waals surface area contributed by atoms with Crippen LogP contribution in [0.15, 0.2) is 29.3 Å². The van der Waals surface area contributed by atoms with Gasteiger partial charge in [-0.1, -0.05) is 23.7 Å². The Morgan fingerprint density at radius 3 is 2.64 bits per heavy atom. The Morgan fingerprint density at radius 2 is 2.04 bits per heavy atom. The number of halogens is 1. The number of guanidine groups is 1. The van der Waals surface area contributed by atoms with E-state index in [1.807, 2.05) is 30.8 Å². The highest BCUT2D eigenvalue weighted by molar-refractivity contribution is 6.30. The van der Waals surface area contributed by atoms with Gasteiger partial charge in [-0.2, -0.15) is 5.10 Å². The first-order valence-corrected chi connectivity index (χ1v) is 10.1. The summed E-state index contributed by atoms with van der Waals surface area (Å²) in [5.41, 5.74) is 4.66. The molecule has 0 unspecified atom stereocenters. The molecular weight excluding hydrogens is 374 g/mol. The maximum absolute atomic E-state index is 6.27.